The van der Waals surface area contributed by atoms with Crippen LogP contribution in [0.15, 0.2) is 24.4 Å². The molecule has 6 nitrogen and oxygen atoms in total. The summed E-state index contributed by atoms with van der Waals surface area (Å²) in [5.74, 6) is 0.182. The maximum absolute atomic E-state index is 13.0. The molecule has 1 aromatic rings. The van der Waals surface area contributed by atoms with E-state index in [9.17, 15) is 4.79 Å². The highest BCUT2D eigenvalue weighted by Crippen LogP contribution is 2.18. The van der Waals surface area contributed by atoms with E-state index in [4.69, 9.17) is 4.74 Å². The molecule has 2 unspecified atom stereocenters. The molecule has 0 aromatic carbocycles. The average Bonchev–Trinajstić information content (AvgIpc) is 2.90. The lowest BCUT2D eigenvalue weighted by molar-refractivity contribution is -0.138. The van der Waals surface area contributed by atoms with Crippen LogP contribution in [0, 0.1) is 0 Å². The van der Waals surface area contributed by atoms with Crippen molar-refractivity contribution in [1.29, 1.82) is 0 Å². The Morgan fingerprint density at radius 3 is 3.00 bits per heavy atom. The van der Waals surface area contributed by atoms with Crippen LogP contribution < -0.4 is 10.6 Å². The van der Waals surface area contributed by atoms with Gasteiger partial charge >= 0.3 is 0 Å². The van der Waals surface area contributed by atoms with Crippen molar-refractivity contribution < 1.29 is 9.53 Å². The molecule has 3 rings (SSSR count). The summed E-state index contributed by atoms with van der Waals surface area (Å²) in [4.78, 5) is 19.4. The number of hydrogen-bond acceptors (Lipinski definition) is 5. The Hall–Kier alpha value is -1.50. The second-order valence-electron chi connectivity index (χ2n) is 6.58. The lowest BCUT2D eigenvalue weighted by Crippen LogP contribution is -2.45. The summed E-state index contributed by atoms with van der Waals surface area (Å²) in [5.41, 5.74) is 0.950. The molecule has 0 bridgehead atoms. The van der Waals surface area contributed by atoms with Gasteiger partial charge in [0.25, 0.3) is 0 Å². The van der Waals surface area contributed by atoms with Crippen molar-refractivity contribution in [2.24, 2.45) is 0 Å². The lowest BCUT2D eigenvalue weighted by Gasteiger charge is -2.33. The van der Waals surface area contributed by atoms with Gasteiger partial charge in [-0.3, -0.25) is 9.78 Å². The van der Waals surface area contributed by atoms with Crippen molar-refractivity contribution in [1.82, 2.24) is 20.5 Å². The van der Waals surface area contributed by atoms with Gasteiger partial charge in [-0.2, -0.15) is 0 Å². The van der Waals surface area contributed by atoms with Gasteiger partial charge in [0.15, 0.2) is 0 Å². The summed E-state index contributed by atoms with van der Waals surface area (Å²) in [6.07, 6.45) is 5.39. The third kappa shape index (κ3) is 5.00. The molecule has 24 heavy (non-hydrogen) atoms. The number of amides is 1. The smallest absolute Gasteiger partial charge is 0.225 e. The number of morpholine rings is 1. The maximum atomic E-state index is 13.0. The van der Waals surface area contributed by atoms with Gasteiger partial charge in [-0.15, -0.1) is 0 Å². The summed E-state index contributed by atoms with van der Waals surface area (Å²) in [5, 5.41) is 6.73. The van der Waals surface area contributed by atoms with Crippen LogP contribution in [0.1, 0.15) is 31.4 Å². The van der Waals surface area contributed by atoms with E-state index in [0.717, 1.165) is 51.1 Å². The third-order valence-corrected chi connectivity index (χ3v) is 4.77. The first kappa shape index (κ1) is 17.3. The Kier molecular flexibility index (Phi) is 6.57. The fourth-order valence-electron chi connectivity index (χ4n) is 3.46. The fourth-order valence-corrected chi connectivity index (χ4v) is 3.46. The topological polar surface area (TPSA) is 66.5 Å². The Morgan fingerprint density at radius 1 is 1.25 bits per heavy atom. The maximum Gasteiger partial charge on any atom is 0.225 e. The Balaban J connectivity index is 1.68. The SMILES string of the molecule is O=C(CC1CNCCO1)N(Cc1ccccn1)C1CCCNCC1. The number of rotatable bonds is 5. The number of carbonyl (C=O) groups is 1. The number of aromatic nitrogens is 1. The highest BCUT2D eigenvalue weighted by molar-refractivity contribution is 5.77. The lowest BCUT2D eigenvalue weighted by atomic mass is 10.1. The van der Waals surface area contributed by atoms with Crippen LogP contribution in [-0.4, -0.2) is 60.7 Å². The first-order valence-electron chi connectivity index (χ1n) is 9.05. The number of nitrogens with zero attached hydrogens (tertiary/aromatic N) is 2. The Bertz CT molecular complexity index is 497. The second-order valence-corrected chi connectivity index (χ2v) is 6.58. The van der Waals surface area contributed by atoms with Gasteiger partial charge < -0.3 is 20.3 Å². The van der Waals surface area contributed by atoms with Crippen LogP contribution in [-0.2, 0) is 16.1 Å². The van der Waals surface area contributed by atoms with Gasteiger partial charge in [-0.1, -0.05) is 6.07 Å². The predicted molar refractivity (Wildman–Crippen MR) is 92.5 cm³/mol. The van der Waals surface area contributed by atoms with Crippen molar-refractivity contribution in [3.05, 3.63) is 30.1 Å². The summed E-state index contributed by atoms with van der Waals surface area (Å²) in [7, 11) is 0. The molecule has 2 saturated heterocycles. The van der Waals surface area contributed by atoms with Gasteiger partial charge in [0, 0.05) is 25.3 Å². The van der Waals surface area contributed by atoms with E-state index in [2.05, 4.69) is 15.6 Å². The van der Waals surface area contributed by atoms with Crippen molar-refractivity contribution in [2.75, 3.05) is 32.8 Å². The zero-order valence-electron chi connectivity index (χ0n) is 14.2. The minimum Gasteiger partial charge on any atom is -0.375 e. The molecule has 2 aliphatic rings. The second kappa shape index (κ2) is 9.11. The molecule has 2 atom stereocenters. The first-order valence-corrected chi connectivity index (χ1v) is 9.05. The standard InChI is InChI=1S/C18H28N4O2/c23-18(12-17-13-20-10-11-24-17)22(14-15-4-1-2-8-21-15)16-5-3-7-19-9-6-16/h1-2,4,8,16-17,19-20H,3,5-7,9-14H2. The van der Waals surface area contributed by atoms with Crippen LogP contribution in [0.25, 0.3) is 0 Å². The molecular weight excluding hydrogens is 304 g/mol. The van der Waals surface area contributed by atoms with E-state index in [1.807, 2.05) is 23.1 Å². The molecule has 2 aliphatic heterocycles. The summed E-state index contributed by atoms with van der Waals surface area (Å²) in [6, 6.07) is 6.17. The molecule has 6 heteroatoms. The number of hydrogen-bond donors (Lipinski definition) is 2. The molecule has 0 spiro atoms. The molecule has 0 aliphatic carbocycles. The van der Waals surface area contributed by atoms with Crippen LogP contribution in [0.4, 0.5) is 0 Å². The molecule has 2 N–H and O–H groups in total. The number of ether oxygens (including phenoxy) is 1. The van der Waals surface area contributed by atoms with Crippen LogP contribution in [0.5, 0.6) is 0 Å². The van der Waals surface area contributed by atoms with Gasteiger partial charge in [-0.25, -0.2) is 0 Å². The molecule has 0 radical (unpaired) electrons. The highest BCUT2D eigenvalue weighted by atomic mass is 16.5. The van der Waals surface area contributed by atoms with Crippen molar-refractivity contribution in [3.8, 4) is 0 Å². The van der Waals surface area contributed by atoms with Gasteiger partial charge in [0.1, 0.15) is 0 Å². The largest absolute Gasteiger partial charge is 0.375 e. The van der Waals surface area contributed by atoms with Gasteiger partial charge in [0.05, 0.1) is 31.4 Å². The minimum atomic E-state index is -0.0126. The zero-order valence-corrected chi connectivity index (χ0v) is 14.2. The van der Waals surface area contributed by atoms with Gasteiger partial charge in [0.2, 0.25) is 5.91 Å². The van der Waals surface area contributed by atoms with Crippen LogP contribution in [0.2, 0.25) is 0 Å². The van der Waals surface area contributed by atoms with Crippen molar-refractivity contribution in [3.63, 3.8) is 0 Å². The average molecular weight is 332 g/mol. The number of carbonyl (C=O) groups excluding carboxylic acids is 1. The van der Waals surface area contributed by atoms with E-state index in [-0.39, 0.29) is 18.1 Å². The summed E-state index contributed by atoms with van der Waals surface area (Å²) in [6.45, 7) is 4.91. The third-order valence-electron chi connectivity index (χ3n) is 4.77. The van der Waals surface area contributed by atoms with Crippen molar-refractivity contribution >= 4 is 5.91 Å². The van der Waals surface area contributed by atoms with E-state index in [1.54, 1.807) is 6.20 Å². The Labute approximate surface area is 144 Å². The van der Waals surface area contributed by atoms with Gasteiger partial charge in [-0.05, 0) is 44.5 Å². The molecule has 132 valence electrons. The predicted octanol–water partition coefficient (Wildman–Crippen LogP) is 0.931. The monoisotopic (exact) mass is 332 g/mol. The Morgan fingerprint density at radius 2 is 2.21 bits per heavy atom. The molecule has 1 amide bonds. The van der Waals surface area contributed by atoms with E-state index < -0.39 is 0 Å². The summed E-state index contributed by atoms with van der Waals surface area (Å²) < 4.78 is 5.72. The van der Waals surface area contributed by atoms with E-state index >= 15 is 0 Å². The van der Waals surface area contributed by atoms with E-state index in [0.29, 0.717) is 19.6 Å². The van der Waals surface area contributed by atoms with Crippen molar-refractivity contribution in [2.45, 2.75) is 44.4 Å². The molecule has 0 saturated carbocycles. The molecular formula is C18H28N4O2. The zero-order chi connectivity index (χ0) is 16.6. The number of nitrogens with one attached hydrogen (secondary N) is 2. The first-order chi connectivity index (χ1) is 11.8. The molecule has 1 aromatic heterocycles. The van der Waals surface area contributed by atoms with E-state index in [1.165, 1.54) is 0 Å². The minimum absolute atomic E-state index is 0.0126. The molecule has 2 fully saturated rings. The van der Waals surface area contributed by atoms with Crippen LogP contribution >= 0.6 is 0 Å². The number of pyridine rings is 1. The molecule has 3 heterocycles. The summed E-state index contributed by atoms with van der Waals surface area (Å²) >= 11 is 0. The normalized spacial score (nSPS) is 25.0. The van der Waals surface area contributed by atoms with Crippen LogP contribution in [0.3, 0.4) is 0 Å². The quantitative estimate of drug-likeness (QED) is 0.840. The fraction of sp³-hybridized carbons (Fsp3) is 0.667. The highest BCUT2D eigenvalue weighted by Gasteiger charge is 2.27.